The van der Waals surface area contributed by atoms with Gasteiger partial charge in [0.05, 0.1) is 11.6 Å². The highest BCUT2D eigenvalue weighted by Crippen LogP contribution is 2.31. The molecule has 0 heterocycles. The molecule has 0 unspecified atom stereocenters. The second kappa shape index (κ2) is 7.93. The number of aryl methyl sites for hydroxylation is 1. The third-order valence-corrected chi connectivity index (χ3v) is 2.94. The van der Waals surface area contributed by atoms with E-state index in [-0.39, 0.29) is 0 Å². The van der Waals surface area contributed by atoms with Crippen LogP contribution in [0.1, 0.15) is 5.56 Å². The van der Waals surface area contributed by atoms with Gasteiger partial charge in [-0.15, -0.1) is 0 Å². The molecule has 0 saturated carbocycles. The van der Waals surface area contributed by atoms with Crippen LogP contribution in [0.25, 0.3) is 0 Å². The number of rotatable bonds is 7. The smallest absolute Gasteiger partial charge is 0.140 e. The van der Waals surface area contributed by atoms with Crippen molar-refractivity contribution in [3.8, 4) is 5.75 Å². The molecule has 0 fully saturated rings. The van der Waals surface area contributed by atoms with Gasteiger partial charge in [-0.1, -0.05) is 27.5 Å². The maximum Gasteiger partial charge on any atom is 0.140 e. The minimum Gasteiger partial charge on any atom is -0.490 e. The Kier molecular flexibility index (Phi) is 6.89. The number of benzene rings is 1. The van der Waals surface area contributed by atoms with Gasteiger partial charge in [0.15, 0.2) is 0 Å². The monoisotopic (exact) mass is 321 g/mol. The zero-order chi connectivity index (χ0) is 12.7. The first-order valence-corrected chi connectivity index (χ1v) is 6.60. The molecule has 0 aromatic heterocycles. The summed E-state index contributed by atoms with van der Waals surface area (Å²) in [7, 11) is 1.68. The summed E-state index contributed by atoms with van der Waals surface area (Å²) in [6, 6.07) is 3.82. The van der Waals surface area contributed by atoms with Gasteiger partial charge in [-0.2, -0.15) is 0 Å². The van der Waals surface area contributed by atoms with Crippen molar-refractivity contribution in [2.24, 2.45) is 0 Å². The number of ether oxygens (including phenoxy) is 2. The van der Waals surface area contributed by atoms with E-state index < -0.39 is 0 Å². The number of nitrogens with one attached hydrogen (secondary N) is 1. The molecule has 1 rings (SSSR count). The van der Waals surface area contributed by atoms with Gasteiger partial charge in [-0.25, -0.2) is 0 Å². The van der Waals surface area contributed by atoms with Gasteiger partial charge < -0.3 is 14.8 Å². The van der Waals surface area contributed by atoms with E-state index in [0.717, 1.165) is 28.9 Å². The highest BCUT2D eigenvalue weighted by atomic mass is 79.9. The Hall–Kier alpha value is -0.290. The quantitative estimate of drug-likeness (QED) is 0.783. The zero-order valence-electron chi connectivity index (χ0n) is 10.1. The average Bonchev–Trinajstić information content (AvgIpc) is 2.26. The fourth-order valence-electron chi connectivity index (χ4n) is 1.40. The molecule has 0 amide bonds. The maximum absolute atomic E-state index is 6.10. The Morgan fingerprint density at radius 3 is 2.65 bits per heavy atom. The Morgan fingerprint density at radius 1 is 1.29 bits per heavy atom. The molecule has 5 heteroatoms. The highest BCUT2D eigenvalue weighted by Gasteiger charge is 2.06. The number of halogens is 2. The van der Waals surface area contributed by atoms with E-state index in [0.29, 0.717) is 18.2 Å². The summed E-state index contributed by atoms with van der Waals surface area (Å²) in [5.74, 6) is 0.753. The molecule has 0 aliphatic heterocycles. The van der Waals surface area contributed by atoms with Crippen LogP contribution in [0.3, 0.4) is 0 Å². The molecule has 0 spiro atoms. The molecule has 3 nitrogen and oxygen atoms in total. The molecule has 0 aliphatic carbocycles. The Balaban J connectivity index is 2.36. The van der Waals surface area contributed by atoms with E-state index in [1.54, 1.807) is 7.11 Å². The number of methoxy groups -OCH3 is 1. The topological polar surface area (TPSA) is 30.5 Å². The molecule has 96 valence electrons. The first-order chi connectivity index (χ1) is 8.15. The van der Waals surface area contributed by atoms with Gasteiger partial charge in [0, 0.05) is 24.7 Å². The molecule has 1 aromatic rings. The lowest BCUT2D eigenvalue weighted by Gasteiger charge is -2.12. The van der Waals surface area contributed by atoms with Gasteiger partial charge in [0.2, 0.25) is 0 Å². The highest BCUT2D eigenvalue weighted by molar-refractivity contribution is 9.10. The molecular formula is C12H17BrClNO2. The van der Waals surface area contributed by atoms with E-state index in [4.69, 9.17) is 21.1 Å². The number of hydrogen-bond donors (Lipinski definition) is 1. The maximum atomic E-state index is 6.10. The summed E-state index contributed by atoms with van der Waals surface area (Å²) < 4.78 is 11.5. The molecule has 0 bridgehead atoms. The molecule has 0 saturated heterocycles. The summed E-state index contributed by atoms with van der Waals surface area (Å²) in [5, 5.41) is 3.84. The van der Waals surface area contributed by atoms with Crippen LogP contribution in [-0.2, 0) is 4.74 Å². The SMILES string of the molecule is COCCNCCOc1c(C)cc(Br)cc1Cl. The summed E-state index contributed by atoms with van der Waals surface area (Å²) >= 11 is 9.49. The average molecular weight is 323 g/mol. The second-order valence-corrected chi connectivity index (χ2v) is 4.95. The van der Waals surface area contributed by atoms with Crippen molar-refractivity contribution in [3.63, 3.8) is 0 Å². The summed E-state index contributed by atoms with van der Waals surface area (Å²) in [4.78, 5) is 0. The molecule has 0 aliphatic rings. The van der Waals surface area contributed by atoms with Crippen LogP contribution in [0, 0.1) is 6.92 Å². The van der Waals surface area contributed by atoms with Crippen LogP contribution in [-0.4, -0.2) is 33.4 Å². The fourth-order valence-corrected chi connectivity index (χ4v) is 2.42. The Bertz CT molecular complexity index is 337. The van der Waals surface area contributed by atoms with Crippen molar-refractivity contribution in [2.75, 3.05) is 33.4 Å². The lowest BCUT2D eigenvalue weighted by Crippen LogP contribution is -2.24. The lowest BCUT2D eigenvalue weighted by molar-refractivity contribution is 0.196. The van der Waals surface area contributed by atoms with Crippen LogP contribution >= 0.6 is 27.5 Å². The third-order valence-electron chi connectivity index (χ3n) is 2.20. The predicted molar refractivity (Wildman–Crippen MR) is 74.1 cm³/mol. The van der Waals surface area contributed by atoms with Crippen molar-refractivity contribution < 1.29 is 9.47 Å². The largest absolute Gasteiger partial charge is 0.490 e. The van der Waals surface area contributed by atoms with Crippen molar-refractivity contribution in [2.45, 2.75) is 6.92 Å². The van der Waals surface area contributed by atoms with Crippen molar-refractivity contribution in [1.82, 2.24) is 5.32 Å². The van der Waals surface area contributed by atoms with Crippen LogP contribution in [0.4, 0.5) is 0 Å². The molecule has 17 heavy (non-hydrogen) atoms. The van der Waals surface area contributed by atoms with Gasteiger partial charge >= 0.3 is 0 Å². The minimum atomic E-state index is 0.589. The first-order valence-electron chi connectivity index (χ1n) is 5.43. The van der Waals surface area contributed by atoms with E-state index in [1.165, 1.54) is 0 Å². The molecule has 0 radical (unpaired) electrons. The fraction of sp³-hybridized carbons (Fsp3) is 0.500. The van der Waals surface area contributed by atoms with Crippen LogP contribution in [0.2, 0.25) is 5.02 Å². The van der Waals surface area contributed by atoms with E-state index in [1.807, 2.05) is 19.1 Å². The Morgan fingerprint density at radius 2 is 2.00 bits per heavy atom. The minimum absolute atomic E-state index is 0.589. The number of hydrogen-bond acceptors (Lipinski definition) is 3. The first kappa shape index (κ1) is 14.8. The third kappa shape index (κ3) is 5.25. The van der Waals surface area contributed by atoms with Crippen LogP contribution in [0.5, 0.6) is 5.75 Å². The molecular weight excluding hydrogens is 305 g/mol. The van der Waals surface area contributed by atoms with Gasteiger partial charge in [-0.05, 0) is 24.6 Å². The summed E-state index contributed by atoms with van der Waals surface area (Å²) in [5.41, 5.74) is 1.03. The molecule has 1 aromatic carbocycles. The predicted octanol–water partition coefficient (Wildman–Crippen LogP) is 3.03. The summed E-state index contributed by atoms with van der Waals surface area (Å²) in [6.07, 6.45) is 0. The van der Waals surface area contributed by atoms with E-state index >= 15 is 0 Å². The van der Waals surface area contributed by atoms with E-state index in [9.17, 15) is 0 Å². The van der Waals surface area contributed by atoms with Gasteiger partial charge in [-0.3, -0.25) is 0 Å². The van der Waals surface area contributed by atoms with Crippen LogP contribution < -0.4 is 10.1 Å². The van der Waals surface area contributed by atoms with Crippen molar-refractivity contribution >= 4 is 27.5 Å². The summed E-state index contributed by atoms with van der Waals surface area (Å²) in [6.45, 7) is 4.87. The van der Waals surface area contributed by atoms with Crippen LogP contribution in [0.15, 0.2) is 16.6 Å². The normalized spacial score (nSPS) is 10.6. The van der Waals surface area contributed by atoms with E-state index in [2.05, 4.69) is 21.2 Å². The van der Waals surface area contributed by atoms with Crippen molar-refractivity contribution in [3.05, 3.63) is 27.2 Å². The zero-order valence-corrected chi connectivity index (χ0v) is 12.4. The lowest BCUT2D eigenvalue weighted by atomic mass is 10.2. The van der Waals surface area contributed by atoms with Gasteiger partial charge in [0.1, 0.15) is 12.4 Å². The molecule has 0 atom stereocenters. The standard InChI is InChI=1S/C12H17BrClNO2/c1-9-7-10(13)8-11(14)12(9)17-6-4-15-3-5-16-2/h7-8,15H,3-6H2,1-2H3. The van der Waals surface area contributed by atoms with Gasteiger partial charge in [0.25, 0.3) is 0 Å². The molecule has 1 N–H and O–H groups in total. The Labute approximate surface area is 116 Å². The van der Waals surface area contributed by atoms with Crippen molar-refractivity contribution in [1.29, 1.82) is 0 Å². The second-order valence-electron chi connectivity index (χ2n) is 3.62.